The molecule has 0 aliphatic carbocycles. The largest absolute Gasteiger partial charge is 0.324 e. The molecule has 0 fully saturated rings. The van der Waals surface area contributed by atoms with Crippen molar-refractivity contribution in [3.8, 4) is 0 Å². The molecule has 3 aromatic rings. The van der Waals surface area contributed by atoms with Crippen LogP contribution in [0.25, 0.3) is 11.0 Å². The Bertz CT molecular complexity index is 960. The summed E-state index contributed by atoms with van der Waals surface area (Å²) in [7, 11) is 0. The third-order valence-electron chi connectivity index (χ3n) is 3.51. The number of hydrogen-bond donors (Lipinski definition) is 1. The van der Waals surface area contributed by atoms with Crippen LogP contribution in [0.4, 0.5) is 10.1 Å². The molecule has 2 heterocycles. The summed E-state index contributed by atoms with van der Waals surface area (Å²) in [6, 6.07) is 5.33. The topological polar surface area (TPSA) is 94.7 Å². The van der Waals surface area contributed by atoms with Crippen molar-refractivity contribution in [1.29, 1.82) is 0 Å². The molecule has 0 saturated carbocycles. The Morgan fingerprint density at radius 2 is 1.96 bits per heavy atom. The summed E-state index contributed by atoms with van der Waals surface area (Å²) in [4.78, 5) is 24.6. The van der Waals surface area contributed by atoms with Crippen molar-refractivity contribution in [2.24, 2.45) is 0 Å². The van der Waals surface area contributed by atoms with Gasteiger partial charge in [-0.05, 0) is 38.1 Å². The van der Waals surface area contributed by atoms with Gasteiger partial charge in [0.1, 0.15) is 17.9 Å². The van der Waals surface area contributed by atoms with Crippen molar-refractivity contribution >= 4 is 22.6 Å². The Kier molecular flexibility index (Phi) is 4.07. The maximum Gasteiger partial charge on any atom is 0.296 e. The zero-order valence-electron chi connectivity index (χ0n) is 13.2. The molecule has 0 aliphatic heterocycles. The van der Waals surface area contributed by atoms with E-state index in [1.54, 1.807) is 6.92 Å². The van der Waals surface area contributed by atoms with Crippen LogP contribution in [0.5, 0.6) is 0 Å². The summed E-state index contributed by atoms with van der Waals surface area (Å²) in [5, 5.41) is 14.6. The standard InChI is InChI=1S/C15H15FN6O2/c1-3-21-14-13(9(2)19-21)18-20-22(15(14)24)8-12(23)17-11-6-4-10(16)5-7-11/h4-7H,3,8H2,1-2H3,(H,17,23). The first kappa shape index (κ1) is 15.8. The van der Waals surface area contributed by atoms with Crippen molar-refractivity contribution in [3.05, 3.63) is 46.1 Å². The molecule has 0 spiro atoms. The first-order valence-corrected chi connectivity index (χ1v) is 7.36. The average molecular weight is 330 g/mol. The number of anilines is 1. The number of hydrogen-bond acceptors (Lipinski definition) is 5. The van der Waals surface area contributed by atoms with Gasteiger partial charge < -0.3 is 5.32 Å². The smallest absolute Gasteiger partial charge is 0.296 e. The number of carbonyl (C=O) groups is 1. The number of fused-ring (bicyclic) bond motifs is 1. The maximum atomic E-state index is 12.9. The van der Waals surface area contributed by atoms with E-state index < -0.39 is 17.3 Å². The highest BCUT2D eigenvalue weighted by Gasteiger charge is 2.16. The molecule has 1 amide bonds. The van der Waals surface area contributed by atoms with Crippen LogP contribution in [0, 0.1) is 12.7 Å². The van der Waals surface area contributed by atoms with Crippen LogP contribution < -0.4 is 10.9 Å². The van der Waals surface area contributed by atoms with Gasteiger partial charge in [0, 0.05) is 12.2 Å². The predicted molar refractivity (Wildman–Crippen MR) is 85.0 cm³/mol. The summed E-state index contributed by atoms with van der Waals surface area (Å²) in [6.07, 6.45) is 0. The second-order valence-corrected chi connectivity index (χ2v) is 5.21. The SMILES string of the molecule is CCn1nc(C)c2nnn(CC(=O)Nc3ccc(F)cc3)c(=O)c21. The highest BCUT2D eigenvalue weighted by Crippen LogP contribution is 2.11. The lowest BCUT2D eigenvalue weighted by molar-refractivity contribution is -0.117. The second kappa shape index (κ2) is 6.19. The van der Waals surface area contributed by atoms with Gasteiger partial charge in [-0.15, -0.1) is 5.10 Å². The summed E-state index contributed by atoms with van der Waals surface area (Å²) >= 11 is 0. The number of halogens is 1. The minimum absolute atomic E-state index is 0.299. The fraction of sp³-hybridized carbons (Fsp3) is 0.267. The van der Waals surface area contributed by atoms with Crippen LogP contribution in [0.1, 0.15) is 12.6 Å². The summed E-state index contributed by atoms with van der Waals surface area (Å²) in [5.74, 6) is -0.861. The second-order valence-electron chi connectivity index (χ2n) is 5.21. The Hall–Kier alpha value is -3.10. The Morgan fingerprint density at radius 1 is 1.25 bits per heavy atom. The van der Waals surface area contributed by atoms with Crippen molar-refractivity contribution in [2.75, 3.05) is 5.32 Å². The zero-order valence-corrected chi connectivity index (χ0v) is 13.2. The highest BCUT2D eigenvalue weighted by molar-refractivity contribution is 5.90. The van der Waals surface area contributed by atoms with Gasteiger partial charge in [0.05, 0.1) is 5.69 Å². The van der Waals surface area contributed by atoms with E-state index in [2.05, 4.69) is 20.7 Å². The molecule has 3 rings (SSSR count). The van der Waals surface area contributed by atoms with Crippen LogP contribution in [-0.4, -0.2) is 30.7 Å². The molecule has 0 radical (unpaired) electrons. The molecule has 0 saturated heterocycles. The summed E-state index contributed by atoms with van der Waals surface area (Å²) < 4.78 is 15.4. The highest BCUT2D eigenvalue weighted by atomic mass is 19.1. The lowest BCUT2D eigenvalue weighted by Gasteiger charge is -2.06. The average Bonchev–Trinajstić information content (AvgIpc) is 2.89. The number of nitrogens with zero attached hydrogens (tertiary/aromatic N) is 5. The van der Waals surface area contributed by atoms with E-state index in [0.29, 0.717) is 29.0 Å². The Morgan fingerprint density at radius 3 is 2.62 bits per heavy atom. The number of carbonyl (C=O) groups excluding carboxylic acids is 1. The van der Waals surface area contributed by atoms with Crippen molar-refractivity contribution in [1.82, 2.24) is 24.8 Å². The molecule has 0 aliphatic rings. The quantitative estimate of drug-likeness (QED) is 0.773. The zero-order chi connectivity index (χ0) is 17.3. The Labute approximate surface area is 135 Å². The first-order chi connectivity index (χ1) is 11.5. The number of amides is 1. The normalized spacial score (nSPS) is 11.0. The van der Waals surface area contributed by atoms with Crippen molar-refractivity contribution in [3.63, 3.8) is 0 Å². The van der Waals surface area contributed by atoms with Gasteiger partial charge in [-0.1, -0.05) is 5.21 Å². The van der Waals surface area contributed by atoms with Crippen LogP contribution in [-0.2, 0) is 17.9 Å². The molecule has 0 bridgehead atoms. The molecule has 124 valence electrons. The van der Waals surface area contributed by atoms with E-state index in [0.717, 1.165) is 4.68 Å². The van der Waals surface area contributed by atoms with Gasteiger partial charge in [0.25, 0.3) is 5.56 Å². The molecular formula is C15H15FN6O2. The van der Waals surface area contributed by atoms with Gasteiger partial charge in [-0.3, -0.25) is 14.3 Å². The number of benzene rings is 1. The number of aromatic nitrogens is 5. The van der Waals surface area contributed by atoms with E-state index >= 15 is 0 Å². The van der Waals surface area contributed by atoms with Gasteiger partial charge >= 0.3 is 0 Å². The van der Waals surface area contributed by atoms with Gasteiger partial charge in [0.2, 0.25) is 5.91 Å². The molecular weight excluding hydrogens is 315 g/mol. The van der Waals surface area contributed by atoms with E-state index in [-0.39, 0.29) is 6.54 Å². The minimum atomic E-state index is -0.461. The van der Waals surface area contributed by atoms with Gasteiger partial charge in [0.15, 0.2) is 5.52 Å². The van der Waals surface area contributed by atoms with E-state index in [1.165, 1.54) is 28.9 Å². The summed E-state index contributed by atoms with van der Waals surface area (Å²) in [6.45, 7) is 3.81. The molecule has 1 N–H and O–H groups in total. The van der Waals surface area contributed by atoms with E-state index in [4.69, 9.17) is 0 Å². The monoisotopic (exact) mass is 330 g/mol. The molecule has 0 atom stereocenters. The molecule has 2 aromatic heterocycles. The predicted octanol–water partition coefficient (Wildman–Crippen LogP) is 1.09. The van der Waals surface area contributed by atoms with E-state index in [9.17, 15) is 14.0 Å². The van der Waals surface area contributed by atoms with Crippen LogP contribution in [0.2, 0.25) is 0 Å². The van der Waals surface area contributed by atoms with Crippen LogP contribution in [0.3, 0.4) is 0 Å². The molecule has 0 unspecified atom stereocenters. The lowest BCUT2D eigenvalue weighted by atomic mass is 10.3. The van der Waals surface area contributed by atoms with Gasteiger partial charge in [-0.25, -0.2) is 4.39 Å². The van der Waals surface area contributed by atoms with Crippen molar-refractivity contribution < 1.29 is 9.18 Å². The lowest BCUT2D eigenvalue weighted by Crippen LogP contribution is -2.31. The van der Waals surface area contributed by atoms with Gasteiger partial charge in [-0.2, -0.15) is 9.78 Å². The molecule has 24 heavy (non-hydrogen) atoms. The third-order valence-corrected chi connectivity index (χ3v) is 3.51. The molecule has 8 nitrogen and oxygen atoms in total. The maximum absolute atomic E-state index is 12.9. The minimum Gasteiger partial charge on any atom is -0.324 e. The van der Waals surface area contributed by atoms with E-state index in [1.807, 2.05) is 6.92 Å². The van der Waals surface area contributed by atoms with Crippen LogP contribution in [0.15, 0.2) is 29.1 Å². The third kappa shape index (κ3) is 2.87. The molecule has 9 heteroatoms. The fourth-order valence-corrected chi connectivity index (χ4v) is 2.37. The number of aryl methyl sites for hydroxylation is 2. The molecule has 1 aromatic carbocycles. The van der Waals surface area contributed by atoms with Crippen LogP contribution >= 0.6 is 0 Å². The number of rotatable bonds is 4. The summed E-state index contributed by atoms with van der Waals surface area (Å²) in [5.41, 5.74) is 1.35. The fourth-order valence-electron chi connectivity index (χ4n) is 2.37. The number of nitrogens with one attached hydrogen (secondary N) is 1. The van der Waals surface area contributed by atoms with Crippen molar-refractivity contribution in [2.45, 2.75) is 26.9 Å². The Balaban J connectivity index is 1.87. The first-order valence-electron chi connectivity index (χ1n) is 7.36.